The average molecular weight is 859 g/mol. The molecule has 0 rings (SSSR count). The minimum atomic E-state index is -1.40. The standard InChI is InChI=1S/C53H82N2O7/c1-3-5-7-9-11-13-15-16-17-18-19-20-21-22-23-24-25-26-28-30-32-37-41-45-52(59)62-48(42-38-34-31-29-27-14-12-10-8-6-4-2)43-39-35-33-36-40-44-50(57)54-46-51(58)55-49(47-56)53(60)61/h5-8,11-14,16-17,19-20,22-23,25-26,29,31,38,42,48-49,56H,3-4,9-10,15,18,21,24,27-28,30,32-37,39-41,43-47H2,1-2H3,(H,54,57)(H,55,58)(H,60,61)/b7-5-,8-6-,13-11-,14-12-,17-16-,20-19-,23-22-,26-25-,31-29-,42-38-. The molecule has 0 heterocycles. The van der Waals surface area contributed by atoms with E-state index in [2.05, 4.69) is 140 Å². The van der Waals surface area contributed by atoms with E-state index in [4.69, 9.17) is 14.9 Å². The zero-order valence-electron chi connectivity index (χ0n) is 38.3. The number of rotatable bonds is 40. The van der Waals surface area contributed by atoms with Gasteiger partial charge in [-0.25, -0.2) is 4.79 Å². The first-order valence-corrected chi connectivity index (χ1v) is 23.4. The van der Waals surface area contributed by atoms with Crippen molar-refractivity contribution in [2.75, 3.05) is 13.2 Å². The number of esters is 1. The fourth-order valence-electron chi connectivity index (χ4n) is 5.92. The molecular formula is C53H82N2O7. The number of carbonyl (C=O) groups excluding carboxylic acids is 3. The van der Waals surface area contributed by atoms with Crippen molar-refractivity contribution in [3.8, 4) is 0 Å². The number of aliphatic hydroxyl groups is 1. The van der Waals surface area contributed by atoms with Crippen molar-refractivity contribution in [3.63, 3.8) is 0 Å². The Balaban J connectivity index is 4.42. The number of carboxylic acids is 1. The smallest absolute Gasteiger partial charge is 0.328 e. The molecule has 0 aliphatic carbocycles. The summed E-state index contributed by atoms with van der Waals surface area (Å²) < 4.78 is 5.91. The molecule has 0 saturated carbocycles. The van der Waals surface area contributed by atoms with E-state index in [1.165, 1.54) is 0 Å². The second-order valence-electron chi connectivity index (χ2n) is 15.1. The molecule has 0 aromatic rings. The first-order valence-electron chi connectivity index (χ1n) is 23.4. The molecule has 0 aliphatic heterocycles. The van der Waals surface area contributed by atoms with Crippen molar-refractivity contribution >= 4 is 23.8 Å². The largest absolute Gasteiger partial charge is 0.480 e. The van der Waals surface area contributed by atoms with E-state index in [0.717, 1.165) is 128 Å². The van der Waals surface area contributed by atoms with E-state index in [-0.39, 0.29) is 30.9 Å². The molecule has 0 saturated heterocycles. The van der Waals surface area contributed by atoms with Gasteiger partial charge in [-0.15, -0.1) is 0 Å². The Kier molecular flexibility index (Phi) is 42.2. The quantitative estimate of drug-likeness (QED) is 0.0273. The Bertz CT molecular complexity index is 1450. The van der Waals surface area contributed by atoms with Gasteiger partial charge >= 0.3 is 11.9 Å². The predicted molar refractivity (Wildman–Crippen MR) is 258 cm³/mol. The molecule has 4 N–H and O–H groups in total. The van der Waals surface area contributed by atoms with Crippen LogP contribution in [-0.4, -0.2) is 59.3 Å². The summed E-state index contributed by atoms with van der Waals surface area (Å²) in [6.07, 6.45) is 63.9. The first kappa shape index (κ1) is 57.2. The van der Waals surface area contributed by atoms with E-state index in [1.807, 2.05) is 6.08 Å². The molecule has 2 amide bonds. The van der Waals surface area contributed by atoms with Crippen LogP contribution in [0.2, 0.25) is 0 Å². The number of amides is 2. The first-order chi connectivity index (χ1) is 30.3. The average Bonchev–Trinajstić information content (AvgIpc) is 3.26. The van der Waals surface area contributed by atoms with Crippen LogP contribution >= 0.6 is 0 Å². The van der Waals surface area contributed by atoms with Crippen LogP contribution in [0.1, 0.15) is 162 Å². The molecule has 0 bridgehead atoms. The zero-order chi connectivity index (χ0) is 45.4. The zero-order valence-corrected chi connectivity index (χ0v) is 38.3. The number of hydrogen-bond donors (Lipinski definition) is 4. The van der Waals surface area contributed by atoms with Gasteiger partial charge in [0.15, 0.2) is 0 Å². The highest BCUT2D eigenvalue weighted by atomic mass is 16.5. The number of aliphatic carboxylic acids is 1. The van der Waals surface area contributed by atoms with Crippen LogP contribution in [0.25, 0.3) is 0 Å². The summed E-state index contributed by atoms with van der Waals surface area (Å²) in [5.74, 6) is -2.45. The lowest BCUT2D eigenvalue weighted by atomic mass is 10.1. The van der Waals surface area contributed by atoms with Gasteiger partial charge in [0.1, 0.15) is 12.1 Å². The van der Waals surface area contributed by atoms with Gasteiger partial charge in [0.2, 0.25) is 11.8 Å². The third-order valence-electron chi connectivity index (χ3n) is 9.44. The summed E-state index contributed by atoms with van der Waals surface area (Å²) in [7, 11) is 0. The van der Waals surface area contributed by atoms with Crippen molar-refractivity contribution in [3.05, 3.63) is 122 Å². The fraction of sp³-hybridized carbons (Fsp3) is 0.547. The highest BCUT2D eigenvalue weighted by Crippen LogP contribution is 2.14. The molecular weight excluding hydrogens is 777 g/mol. The van der Waals surface area contributed by atoms with Gasteiger partial charge < -0.3 is 25.6 Å². The van der Waals surface area contributed by atoms with Crippen LogP contribution in [0.5, 0.6) is 0 Å². The van der Waals surface area contributed by atoms with Gasteiger partial charge in [-0.1, -0.05) is 161 Å². The van der Waals surface area contributed by atoms with Crippen LogP contribution in [0, 0.1) is 0 Å². The normalized spacial score (nSPS) is 13.6. The highest BCUT2D eigenvalue weighted by Gasteiger charge is 2.18. The second kappa shape index (κ2) is 45.8. The van der Waals surface area contributed by atoms with Crippen molar-refractivity contribution < 1.29 is 34.1 Å². The van der Waals surface area contributed by atoms with Gasteiger partial charge in [0.25, 0.3) is 0 Å². The van der Waals surface area contributed by atoms with Crippen LogP contribution < -0.4 is 10.6 Å². The molecule has 9 heteroatoms. The van der Waals surface area contributed by atoms with E-state index >= 15 is 0 Å². The highest BCUT2D eigenvalue weighted by molar-refractivity contribution is 5.87. The molecule has 0 fully saturated rings. The Morgan fingerprint density at radius 2 is 0.919 bits per heavy atom. The molecule has 62 heavy (non-hydrogen) atoms. The Hall–Kier alpha value is -4.76. The summed E-state index contributed by atoms with van der Waals surface area (Å²) >= 11 is 0. The number of ether oxygens (including phenoxy) is 1. The van der Waals surface area contributed by atoms with Crippen molar-refractivity contribution in [2.24, 2.45) is 0 Å². The number of carbonyl (C=O) groups is 4. The fourth-order valence-corrected chi connectivity index (χ4v) is 5.92. The monoisotopic (exact) mass is 859 g/mol. The van der Waals surface area contributed by atoms with E-state index in [1.54, 1.807) is 0 Å². The van der Waals surface area contributed by atoms with Gasteiger partial charge in [-0.2, -0.15) is 0 Å². The van der Waals surface area contributed by atoms with Crippen LogP contribution in [0.3, 0.4) is 0 Å². The molecule has 2 atom stereocenters. The van der Waals surface area contributed by atoms with Crippen molar-refractivity contribution in [1.29, 1.82) is 0 Å². The third-order valence-corrected chi connectivity index (χ3v) is 9.44. The van der Waals surface area contributed by atoms with Crippen LogP contribution in [0.4, 0.5) is 0 Å². The molecule has 346 valence electrons. The Morgan fingerprint density at radius 3 is 1.40 bits per heavy atom. The number of unbranched alkanes of at least 4 members (excludes halogenated alkanes) is 8. The Morgan fingerprint density at radius 1 is 0.500 bits per heavy atom. The van der Waals surface area contributed by atoms with Gasteiger partial charge in [-0.3, -0.25) is 14.4 Å². The summed E-state index contributed by atoms with van der Waals surface area (Å²) in [5, 5.41) is 22.6. The number of nitrogens with one attached hydrogen (secondary N) is 2. The molecule has 0 spiro atoms. The van der Waals surface area contributed by atoms with Gasteiger partial charge in [-0.05, 0) is 109 Å². The summed E-state index contributed by atoms with van der Waals surface area (Å²) in [6, 6.07) is -1.40. The lowest BCUT2D eigenvalue weighted by Crippen LogP contribution is -2.47. The third kappa shape index (κ3) is 42.0. The SMILES string of the molecule is CC/C=C\C/C=C\C/C=C\C/C=C\C/C=C\C/C=C\CCCCCCC(=O)OC(/C=C\C/C=C\C/C=C\C/C=C\CC)CCCCCCCC(=O)NCC(=O)NC(CO)C(=O)O. The number of aliphatic hydroxyl groups excluding tert-OH is 1. The maximum atomic E-state index is 12.8. The predicted octanol–water partition coefficient (Wildman–Crippen LogP) is 12.2. The molecule has 0 aliphatic rings. The van der Waals surface area contributed by atoms with Crippen molar-refractivity contribution in [1.82, 2.24) is 10.6 Å². The van der Waals surface area contributed by atoms with E-state index in [9.17, 15) is 19.2 Å². The second-order valence-corrected chi connectivity index (χ2v) is 15.1. The lowest BCUT2D eigenvalue weighted by molar-refractivity contribution is -0.147. The van der Waals surface area contributed by atoms with Crippen LogP contribution in [0.15, 0.2) is 122 Å². The minimum absolute atomic E-state index is 0.149. The molecule has 0 aromatic heterocycles. The maximum Gasteiger partial charge on any atom is 0.328 e. The van der Waals surface area contributed by atoms with Crippen molar-refractivity contribution in [2.45, 2.75) is 174 Å². The molecule has 2 unspecified atom stereocenters. The molecule has 0 aromatic carbocycles. The summed E-state index contributed by atoms with van der Waals surface area (Å²) in [6.45, 7) is 3.21. The Labute approximate surface area is 375 Å². The topological polar surface area (TPSA) is 142 Å². The lowest BCUT2D eigenvalue weighted by Gasteiger charge is -2.14. The van der Waals surface area contributed by atoms with E-state index in [0.29, 0.717) is 12.8 Å². The van der Waals surface area contributed by atoms with Crippen LogP contribution in [-0.2, 0) is 23.9 Å². The van der Waals surface area contributed by atoms with Gasteiger partial charge in [0, 0.05) is 12.8 Å². The minimum Gasteiger partial charge on any atom is -0.480 e. The molecule has 9 nitrogen and oxygen atoms in total. The maximum absolute atomic E-state index is 12.8. The number of allylic oxidation sites excluding steroid dienone is 19. The summed E-state index contributed by atoms with van der Waals surface area (Å²) in [4.78, 5) is 47.6. The van der Waals surface area contributed by atoms with Gasteiger partial charge in [0.05, 0.1) is 13.2 Å². The number of carboxylic acid groups (broad SMARTS) is 1. The molecule has 0 radical (unpaired) electrons. The summed E-state index contributed by atoms with van der Waals surface area (Å²) in [5.41, 5.74) is 0. The number of hydrogen-bond acceptors (Lipinski definition) is 6. The van der Waals surface area contributed by atoms with E-state index < -0.39 is 24.5 Å².